The van der Waals surface area contributed by atoms with Gasteiger partial charge in [0.25, 0.3) is 0 Å². The summed E-state index contributed by atoms with van der Waals surface area (Å²) in [5, 5.41) is 14.2. The number of morpholine rings is 1. The maximum absolute atomic E-state index is 10.6. The molecule has 1 spiro atoms. The number of aromatic amines is 1. The third-order valence-corrected chi connectivity index (χ3v) is 5.94. The van der Waals surface area contributed by atoms with E-state index in [4.69, 9.17) is 24.5 Å². The van der Waals surface area contributed by atoms with Crippen molar-refractivity contribution in [2.24, 2.45) is 5.92 Å². The normalized spacial score (nSPS) is 20.9. The minimum atomic E-state index is -5.08. The number of hydrogen-bond donors (Lipinski definition) is 3. The number of ether oxygens (including phenoxy) is 1. The third kappa shape index (κ3) is 9.64. The van der Waals surface area contributed by atoms with Gasteiger partial charge in [-0.15, -0.1) is 0 Å². The van der Waals surface area contributed by atoms with E-state index >= 15 is 0 Å². The predicted octanol–water partition coefficient (Wildman–Crippen LogP) is 2.75. The summed E-state index contributed by atoms with van der Waals surface area (Å²) in [5.74, 6) is -4.54. The molecule has 1 aromatic heterocycles. The lowest BCUT2D eigenvalue weighted by molar-refractivity contribution is -0.193. The average Bonchev–Trinajstić information content (AvgIpc) is 3.43. The molecule has 3 N–H and O–H groups in total. The van der Waals surface area contributed by atoms with E-state index in [0.717, 1.165) is 32.2 Å². The number of nitrogens with one attached hydrogen (secondary N) is 1. The average molecular weight is 518 g/mol. The van der Waals surface area contributed by atoms with Crippen molar-refractivity contribution < 1.29 is 50.9 Å². The number of nitrogens with zero attached hydrogens (tertiary/aromatic N) is 3. The lowest BCUT2D eigenvalue weighted by Gasteiger charge is -2.51. The number of alkyl halides is 6. The topological polar surface area (TPSA) is 119 Å². The van der Waals surface area contributed by atoms with E-state index in [-0.39, 0.29) is 0 Å². The van der Waals surface area contributed by atoms with Gasteiger partial charge >= 0.3 is 24.3 Å². The third-order valence-electron chi connectivity index (χ3n) is 5.94. The first-order valence-electron chi connectivity index (χ1n) is 10.9. The zero-order valence-corrected chi connectivity index (χ0v) is 18.7. The summed E-state index contributed by atoms with van der Waals surface area (Å²) in [5.41, 5.74) is 1.55. The zero-order valence-electron chi connectivity index (χ0n) is 18.7. The fraction of sp³-hybridized carbons (Fsp3) is 0.750. The van der Waals surface area contributed by atoms with E-state index in [0.29, 0.717) is 5.54 Å². The van der Waals surface area contributed by atoms with Crippen LogP contribution in [0.15, 0.2) is 12.5 Å². The molecule has 1 aromatic rings. The summed E-state index contributed by atoms with van der Waals surface area (Å²) in [6.07, 6.45) is -1.08. The van der Waals surface area contributed by atoms with Gasteiger partial charge in [-0.3, -0.25) is 9.80 Å². The molecule has 35 heavy (non-hydrogen) atoms. The molecule has 9 nitrogen and oxygen atoms in total. The van der Waals surface area contributed by atoms with Crippen LogP contribution in [0.4, 0.5) is 26.3 Å². The molecular weight excluding hydrogens is 490 g/mol. The maximum Gasteiger partial charge on any atom is 0.490 e. The summed E-state index contributed by atoms with van der Waals surface area (Å²) >= 11 is 0. The number of H-pyrrole nitrogens is 1. The number of carboxylic acid groups (broad SMARTS) is 2. The van der Waals surface area contributed by atoms with Crippen molar-refractivity contribution in [2.45, 2.75) is 50.1 Å². The van der Waals surface area contributed by atoms with Crippen molar-refractivity contribution in [3.63, 3.8) is 0 Å². The van der Waals surface area contributed by atoms with Crippen LogP contribution in [0.5, 0.6) is 0 Å². The molecular formula is C20H28F6N4O5. The summed E-state index contributed by atoms with van der Waals surface area (Å²) in [4.78, 5) is 30.4. The molecule has 2 saturated heterocycles. The van der Waals surface area contributed by atoms with Gasteiger partial charge in [0, 0.05) is 50.2 Å². The highest BCUT2D eigenvalue weighted by Gasteiger charge is 2.44. The summed E-state index contributed by atoms with van der Waals surface area (Å²) in [6.45, 7) is 7.65. The number of halogens is 6. The second-order valence-corrected chi connectivity index (χ2v) is 8.63. The molecule has 0 amide bonds. The van der Waals surface area contributed by atoms with Crippen LogP contribution in [0.3, 0.4) is 0 Å². The van der Waals surface area contributed by atoms with Crippen LogP contribution < -0.4 is 0 Å². The van der Waals surface area contributed by atoms with Crippen molar-refractivity contribution >= 4 is 11.9 Å². The molecule has 15 heteroatoms. The lowest BCUT2D eigenvalue weighted by Crippen LogP contribution is -2.61. The first-order valence-corrected chi connectivity index (χ1v) is 10.9. The monoisotopic (exact) mass is 518 g/mol. The number of likely N-dealkylation sites (tertiary alicyclic amines) is 1. The molecule has 2 aliphatic heterocycles. The molecule has 0 unspecified atom stereocenters. The number of rotatable bonds is 4. The summed E-state index contributed by atoms with van der Waals surface area (Å²) in [6, 6.07) is 0. The highest BCUT2D eigenvalue weighted by Crippen LogP contribution is 2.37. The molecule has 1 aliphatic carbocycles. The molecule has 1 saturated carbocycles. The molecule has 4 rings (SSSR count). The van der Waals surface area contributed by atoms with Crippen molar-refractivity contribution in [1.29, 1.82) is 0 Å². The smallest absolute Gasteiger partial charge is 0.475 e. The largest absolute Gasteiger partial charge is 0.490 e. The van der Waals surface area contributed by atoms with Gasteiger partial charge in [0.1, 0.15) is 0 Å². The minimum Gasteiger partial charge on any atom is -0.475 e. The van der Waals surface area contributed by atoms with Crippen molar-refractivity contribution in [3.05, 3.63) is 18.2 Å². The number of carbonyl (C=O) groups is 2. The minimum absolute atomic E-state index is 0.325. The van der Waals surface area contributed by atoms with Gasteiger partial charge in [-0.2, -0.15) is 26.3 Å². The quantitative estimate of drug-likeness (QED) is 0.521. The summed E-state index contributed by atoms with van der Waals surface area (Å²) < 4.78 is 69.3. The Labute approximate surface area is 197 Å². The van der Waals surface area contributed by atoms with Gasteiger partial charge in [-0.05, 0) is 31.6 Å². The van der Waals surface area contributed by atoms with Crippen LogP contribution in [0, 0.1) is 5.92 Å². The number of carboxylic acids is 2. The standard InChI is InChI=1S/C16H26N4O.2C2HF3O2/c1-2-14(1)10-20-7-8-21-12-16(20)3-5-19(6-4-16)11-15-9-17-13-18-15;2*3-2(4,5)1(6)7/h9,13-14H,1-8,10-12H2,(H,17,18);2*(H,6,7). The molecule has 0 radical (unpaired) electrons. The zero-order chi connectivity index (χ0) is 26.3. The van der Waals surface area contributed by atoms with E-state index in [1.807, 2.05) is 6.20 Å². The van der Waals surface area contributed by atoms with Crippen molar-refractivity contribution in [3.8, 4) is 0 Å². The van der Waals surface area contributed by atoms with Crippen LogP contribution in [0.2, 0.25) is 0 Å². The summed E-state index contributed by atoms with van der Waals surface area (Å²) in [7, 11) is 0. The van der Waals surface area contributed by atoms with Crippen molar-refractivity contribution in [2.75, 3.05) is 39.4 Å². The lowest BCUT2D eigenvalue weighted by atomic mass is 9.85. The first kappa shape index (κ1) is 28.8. The van der Waals surface area contributed by atoms with Gasteiger partial charge < -0.3 is 19.9 Å². The molecule has 200 valence electrons. The molecule has 0 bridgehead atoms. The van der Waals surface area contributed by atoms with E-state index in [1.165, 1.54) is 51.0 Å². The Morgan fingerprint density at radius 2 is 1.60 bits per heavy atom. The number of piperidine rings is 1. The Morgan fingerprint density at radius 3 is 2.03 bits per heavy atom. The second-order valence-electron chi connectivity index (χ2n) is 8.63. The van der Waals surface area contributed by atoms with E-state index in [1.54, 1.807) is 6.33 Å². The predicted molar refractivity (Wildman–Crippen MR) is 108 cm³/mol. The van der Waals surface area contributed by atoms with Crippen LogP contribution in [0.1, 0.15) is 31.4 Å². The van der Waals surface area contributed by atoms with Crippen LogP contribution in [-0.4, -0.2) is 99.2 Å². The Hall–Kier alpha value is -2.39. The molecule has 3 fully saturated rings. The maximum atomic E-state index is 10.6. The highest BCUT2D eigenvalue weighted by molar-refractivity contribution is 5.73. The SMILES string of the molecule is O=C(O)C(F)(F)F.O=C(O)C(F)(F)F.c1ncc(CN2CCC3(CC2)COCCN3CC2CC2)[nH]1. The Kier molecular flexibility index (Phi) is 9.92. The second kappa shape index (κ2) is 12.0. The number of imidazole rings is 1. The van der Waals surface area contributed by atoms with Gasteiger partial charge in [0.15, 0.2) is 0 Å². The van der Waals surface area contributed by atoms with E-state index < -0.39 is 24.3 Å². The van der Waals surface area contributed by atoms with Gasteiger partial charge in [-0.25, -0.2) is 14.6 Å². The van der Waals surface area contributed by atoms with Crippen LogP contribution >= 0.6 is 0 Å². The molecule has 3 heterocycles. The van der Waals surface area contributed by atoms with E-state index in [9.17, 15) is 26.3 Å². The van der Waals surface area contributed by atoms with Gasteiger partial charge in [-0.1, -0.05) is 0 Å². The van der Waals surface area contributed by atoms with Gasteiger partial charge in [0.2, 0.25) is 0 Å². The Bertz CT molecular complexity index is 782. The van der Waals surface area contributed by atoms with Gasteiger partial charge in [0.05, 0.1) is 19.5 Å². The highest BCUT2D eigenvalue weighted by atomic mass is 19.4. The van der Waals surface area contributed by atoms with Crippen molar-refractivity contribution in [1.82, 2.24) is 19.8 Å². The Morgan fingerprint density at radius 1 is 1.06 bits per heavy atom. The molecule has 3 aliphatic rings. The number of aromatic nitrogens is 2. The van der Waals surface area contributed by atoms with E-state index in [2.05, 4.69) is 19.8 Å². The molecule has 0 aromatic carbocycles. The number of hydrogen-bond acceptors (Lipinski definition) is 6. The fourth-order valence-electron chi connectivity index (χ4n) is 3.86. The van der Waals surface area contributed by atoms with Crippen LogP contribution in [-0.2, 0) is 20.9 Å². The molecule has 0 atom stereocenters. The fourth-order valence-corrected chi connectivity index (χ4v) is 3.86. The number of aliphatic carboxylic acids is 2. The Balaban J connectivity index is 0.000000257. The van der Waals surface area contributed by atoms with Crippen LogP contribution in [0.25, 0.3) is 0 Å². The first-order chi connectivity index (χ1) is 16.2.